The van der Waals surface area contributed by atoms with Crippen molar-refractivity contribution in [2.75, 3.05) is 33.2 Å². The third kappa shape index (κ3) is 4.56. The first-order valence-corrected chi connectivity index (χ1v) is 8.07. The zero-order chi connectivity index (χ0) is 16.9. The average molecular weight is 457 g/mol. The van der Waals surface area contributed by atoms with Gasteiger partial charge in [0.1, 0.15) is 0 Å². The number of hydrogen-bond donors (Lipinski definition) is 1. The van der Waals surface area contributed by atoms with Gasteiger partial charge in [0.2, 0.25) is 0 Å². The van der Waals surface area contributed by atoms with Crippen LogP contribution in [0.4, 0.5) is 0 Å². The lowest BCUT2D eigenvalue weighted by molar-refractivity contribution is 0.0657. The average Bonchev–Trinajstić information content (AvgIpc) is 3.27. The van der Waals surface area contributed by atoms with E-state index < -0.39 is 0 Å². The Kier molecular flexibility index (Phi) is 6.91. The molecule has 1 saturated heterocycles. The van der Waals surface area contributed by atoms with Gasteiger partial charge in [0.25, 0.3) is 5.91 Å². The molecular weight excluding hydrogens is 433 g/mol. The largest absolute Gasteiger partial charge is 0.459 e. The first kappa shape index (κ1) is 19.4. The molecule has 25 heavy (non-hydrogen) atoms. The molecule has 1 fully saturated rings. The number of nitrogens with one attached hydrogen (secondary N) is 1. The van der Waals surface area contributed by atoms with Gasteiger partial charge in [0.15, 0.2) is 11.7 Å². The Labute approximate surface area is 164 Å². The Morgan fingerprint density at radius 1 is 1.20 bits per heavy atom. The van der Waals surface area contributed by atoms with Crippen molar-refractivity contribution in [3.05, 3.63) is 48.2 Å². The highest BCUT2D eigenvalue weighted by atomic mass is 127. The number of hydrogen-bond acceptors (Lipinski definition) is 3. The van der Waals surface area contributed by atoms with Gasteiger partial charge in [-0.15, -0.1) is 24.0 Å². The van der Waals surface area contributed by atoms with Gasteiger partial charge in [-0.1, -0.05) is 0 Å². The molecule has 0 atom stereocenters. The van der Waals surface area contributed by atoms with E-state index in [4.69, 9.17) is 4.42 Å². The van der Waals surface area contributed by atoms with Crippen molar-refractivity contribution in [1.82, 2.24) is 19.7 Å². The fourth-order valence-electron chi connectivity index (χ4n) is 2.86. The van der Waals surface area contributed by atoms with Crippen LogP contribution in [0.15, 0.2) is 46.1 Å². The maximum atomic E-state index is 12.3. The highest BCUT2D eigenvalue weighted by Crippen LogP contribution is 2.10. The second kappa shape index (κ2) is 8.93. The van der Waals surface area contributed by atoms with E-state index in [1.54, 1.807) is 19.2 Å². The molecule has 3 rings (SSSR count). The first-order valence-electron chi connectivity index (χ1n) is 8.07. The SMILES string of the molecule is CN=C(NCc1cccn1C)N1CCN(C(=O)c2ccco2)CC1.I. The fourth-order valence-corrected chi connectivity index (χ4v) is 2.86. The molecule has 1 aliphatic heterocycles. The molecule has 0 bridgehead atoms. The fraction of sp³-hybridized carbons (Fsp3) is 0.412. The molecule has 0 unspecified atom stereocenters. The summed E-state index contributed by atoms with van der Waals surface area (Å²) in [4.78, 5) is 20.6. The van der Waals surface area contributed by atoms with Crippen molar-refractivity contribution in [1.29, 1.82) is 0 Å². The van der Waals surface area contributed by atoms with Gasteiger partial charge in [0, 0.05) is 52.2 Å². The van der Waals surface area contributed by atoms with Crippen molar-refractivity contribution < 1.29 is 9.21 Å². The van der Waals surface area contributed by atoms with Crippen LogP contribution in [0.3, 0.4) is 0 Å². The predicted octanol–water partition coefficient (Wildman–Crippen LogP) is 1.77. The Bertz CT molecular complexity index is 702. The number of furan rings is 1. The van der Waals surface area contributed by atoms with Crippen LogP contribution in [0.25, 0.3) is 0 Å². The number of aryl methyl sites for hydroxylation is 1. The number of nitrogens with zero attached hydrogens (tertiary/aromatic N) is 4. The van der Waals surface area contributed by atoms with Crippen molar-refractivity contribution in [3.63, 3.8) is 0 Å². The minimum absolute atomic E-state index is 0. The Balaban J connectivity index is 0.00000225. The molecule has 0 radical (unpaired) electrons. The van der Waals surface area contributed by atoms with Crippen LogP contribution in [-0.4, -0.2) is 59.5 Å². The molecule has 0 aliphatic carbocycles. The zero-order valence-corrected chi connectivity index (χ0v) is 16.8. The number of carbonyl (C=O) groups is 1. The van der Waals surface area contributed by atoms with E-state index in [9.17, 15) is 4.79 Å². The summed E-state index contributed by atoms with van der Waals surface area (Å²) in [5.74, 6) is 1.21. The van der Waals surface area contributed by atoms with E-state index in [-0.39, 0.29) is 29.9 Å². The van der Waals surface area contributed by atoms with E-state index in [0.717, 1.165) is 25.6 Å². The van der Waals surface area contributed by atoms with Crippen molar-refractivity contribution in [3.8, 4) is 0 Å². The second-order valence-electron chi connectivity index (χ2n) is 5.77. The van der Waals surface area contributed by atoms with Gasteiger partial charge in [0.05, 0.1) is 12.8 Å². The Morgan fingerprint density at radius 2 is 1.92 bits per heavy atom. The summed E-state index contributed by atoms with van der Waals surface area (Å²) in [6, 6.07) is 7.55. The van der Waals surface area contributed by atoms with Crippen molar-refractivity contribution >= 4 is 35.8 Å². The molecule has 7 nitrogen and oxygen atoms in total. The van der Waals surface area contributed by atoms with Gasteiger partial charge in [-0.3, -0.25) is 9.79 Å². The van der Waals surface area contributed by atoms with Crippen molar-refractivity contribution in [2.45, 2.75) is 6.54 Å². The molecule has 0 spiro atoms. The molecule has 2 aromatic rings. The van der Waals surface area contributed by atoms with E-state index in [1.165, 1.54) is 12.0 Å². The molecule has 136 valence electrons. The van der Waals surface area contributed by atoms with E-state index in [1.807, 2.05) is 24.2 Å². The summed E-state index contributed by atoms with van der Waals surface area (Å²) >= 11 is 0. The quantitative estimate of drug-likeness (QED) is 0.434. The molecule has 1 amide bonds. The third-order valence-corrected chi connectivity index (χ3v) is 4.29. The summed E-state index contributed by atoms with van der Waals surface area (Å²) in [5.41, 5.74) is 1.20. The number of amides is 1. The first-order chi connectivity index (χ1) is 11.7. The standard InChI is InChI=1S/C17H23N5O2.HI/c1-18-17(19-13-14-5-3-7-20(14)2)22-10-8-21(9-11-22)16(23)15-6-4-12-24-15;/h3-7,12H,8-11,13H2,1-2H3,(H,18,19);1H. The van der Waals surface area contributed by atoms with Gasteiger partial charge in [-0.05, 0) is 24.3 Å². The predicted molar refractivity (Wildman–Crippen MR) is 107 cm³/mol. The van der Waals surface area contributed by atoms with Crippen LogP contribution < -0.4 is 5.32 Å². The molecule has 3 heterocycles. The van der Waals surface area contributed by atoms with Gasteiger partial charge in [-0.25, -0.2) is 0 Å². The number of halogens is 1. The van der Waals surface area contributed by atoms with Crippen LogP contribution in [-0.2, 0) is 13.6 Å². The highest BCUT2D eigenvalue weighted by molar-refractivity contribution is 14.0. The van der Waals surface area contributed by atoms with Crippen LogP contribution in [0.2, 0.25) is 0 Å². The van der Waals surface area contributed by atoms with Crippen LogP contribution >= 0.6 is 24.0 Å². The zero-order valence-electron chi connectivity index (χ0n) is 14.5. The summed E-state index contributed by atoms with van der Waals surface area (Å²) in [6.07, 6.45) is 3.55. The molecule has 1 N–H and O–H groups in total. The van der Waals surface area contributed by atoms with Gasteiger partial charge >= 0.3 is 0 Å². The molecule has 1 aliphatic rings. The lowest BCUT2D eigenvalue weighted by Crippen LogP contribution is -2.53. The normalized spacial score (nSPS) is 15.0. The van der Waals surface area contributed by atoms with Crippen LogP contribution in [0.5, 0.6) is 0 Å². The minimum Gasteiger partial charge on any atom is -0.459 e. The summed E-state index contributed by atoms with van der Waals surface area (Å²) in [6.45, 7) is 3.54. The number of carbonyl (C=O) groups excluding carboxylic acids is 1. The van der Waals surface area contributed by atoms with E-state index in [0.29, 0.717) is 18.8 Å². The summed E-state index contributed by atoms with van der Waals surface area (Å²) in [7, 11) is 3.81. The molecule has 0 aromatic carbocycles. The van der Waals surface area contributed by atoms with E-state index in [2.05, 4.69) is 25.8 Å². The number of rotatable bonds is 3. The summed E-state index contributed by atoms with van der Waals surface area (Å²) in [5, 5.41) is 3.39. The van der Waals surface area contributed by atoms with E-state index >= 15 is 0 Å². The number of piperazine rings is 1. The molecule has 0 saturated carbocycles. The number of guanidine groups is 1. The lowest BCUT2D eigenvalue weighted by Gasteiger charge is -2.36. The second-order valence-corrected chi connectivity index (χ2v) is 5.77. The number of aromatic nitrogens is 1. The number of aliphatic imine (C=N–C) groups is 1. The Hall–Kier alpha value is -1.97. The lowest BCUT2D eigenvalue weighted by atomic mass is 10.3. The van der Waals surface area contributed by atoms with Crippen LogP contribution in [0.1, 0.15) is 16.2 Å². The monoisotopic (exact) mass is 457 g/mol. The maximum absolute atomic E-state index is 12.3. The van der Waals surface area contributed by atoms with Crippen LogP contribution in [0, 0.1) is 0 Å². The Morgan fingerprint density at radius 3 is 2.48 bits per heavy atom. The highest BCUT2D eigenvalue weighted by Gasteiger charge is 2.25. The molecule has 8 heteroatoms. The van der Waals surface area contributed by atoms with Gasteiger partial charge < -0.3 is 24.1 Å². The molecule has 2 aromatic heterocycles. The maximum Gasteiger partial charge on any atom is 0.289 e. The minimum atomic E-state index is -0.0496. The van der Waals surface area contributed by atoms with Gasteiger partial charge in [-0.2, -0.15) is 0 Å². The smallest absolute Gasteiger partial charge is 0.289 e. The third-order valence-electron chi connectivity index (χ3n) is 4.29. The summed E-state index contributed by atoms with van der Waals surface area (Å²) < 4.78 is 7.28. The van der Waals surface area contributed by atoms with Crippen molar-refractivity contribution in [2.24, 2.45) is 12.0 Å². The molecular formula is C17H24IN5O2. The topological polar surface area (TPSA) is 66.0 Å².